The molecule has 0 amide bonds. The van der Waals surface area contributed by atoms with E-state index in [1.54, 1.807) is 0 Å². The molecular formula is C22H14O. The van der Waals surface area contributed by atoms with Crippen molar-refractivity contribution in [2.75, 3.05) is 0 Å². The number of rotatable bonds is 0. The lowest BCUT2D eigenvalue weighted by molar-refractivity contribution is 0.0993. The van der Waals surface area contributed by atoms with Crippen molar-refractivity contribution in [1.29, 1.82) is 0 Å². The summed E-state index contributed by atoms with van der Waals surface area (Å²) in [6.45, 7) is 0. The van der Waals surface area contributed by atoms with Crippen LogP contribution >= 0.6 is 0 Å². The molecule has 0 N–H and O–H groups in total. The molecule has 0 aliphatic heterocycles. The first-order valence-electron chi connectivity index (χ1n) is 7.89. The molecular weight excluding hydrogens is 280 g/mol. The largest absolute Gasteiger partial charge is 0.294 e. The number of fused-ring (bicyclic) bond motifs is 7. The number of carbonyl (C=O) groups excluding carboxylic acids is 1. The minimum atomic E-state index is 0.222. The summed E-state index contributed by atoms with van der Waals surface area (Å²) in [5.74, 6) is 0.222. The van der Waals surface area contributed by atoms with Crippen molar-refractivity contribution in [2.24, 2.45) is 0 Å². The van der Waals surface area contributed by atoms with Crippen LogP contribution in [0.5, 0.6) is 0 Å². The molecule has 0 heterocycles. The molecule has 0 aromatic heterocycles. The number of hydrogen-bond donors (Lipinski definition) is 0. The molecule has 1 nitrogen and oxygen atoms in total. The van der Waals surface area contributed by atoms with Gasteiger partial charge in [-0.25, -0.2) is 0 Å². The first-order valence-corrected chi connectivity index (χ1v) is 7.89. The van der Waals surface area contributed by atoms with Crippen LogP contribution in [0.1, 0.15) is 15.9 Å². The van der Waals surface area contributed by atoms with Gasteiger partial charge in [0.05, 0.1) is 0 Å². The highest BCUT2D eigenvalue weighted by molar-refractivity contribution is 6.20. The van der Waals surface area contributed by atoms with Gasteiger partial charge in [0.2, 0.25) is 0 Å². The summed E-state index contributed by atoms with van der Waals surface area (Å²) in [6, 6.07) is 25.1. The zero-order valence-electron chi connectivity index (χ0n) is 12.5. The Morgan fingerprint density at radius 1 is 0.609 bits per heavy atom. The molecule has 0 atom stereocenters. The van der Waals surface area contributed by atoms with E-state index in [0.29, 0.717) is 6.42 Å². The number of Topliss-reactive ketones (excluding diaryl/α,β-unsaturated/α-hetero) is 1. The van der Waals surface area contributed by atoms with Crippen molar-refractivity contribution >= 4 is 27.3 Å². The van der Waals surface area contributed by atoms with Crippen LogP contribution in [-0.2, 0) is 6.42 Å². The molecule has 0 unspecified atom stereocenters. The molecule has 23 heavy (non-hydrogen) atoms. The van der Waals surface area contributed by atoms with Crippen molar-refractivity contribution < 1.29 is 4.79 Å². The SMILES string of the molecule is O=C1Cc2ccccc2-c2ccc3c(ccc4ccccc43)c21. The Kier molecular flexibility index (Phi) is 2.48. The maximum absolute atomic E-state index is 12.8. The summed E-state index contributed by atoms with van der Waals surface area (Å²) in [6.07, 6.45) is 0.495. The maximum Gasteiger partial charge on any atom is 0.168 e. The van der Waals surface area contributed by atoms with Crippen LogP contribution in [0.2, 0.25) is 0 Å². The minimum Gasteiger partial charge on any atom is -0.294 e. The molecule has 0 spiro atoms. The second-order valence-electron chi connectivity index (χ2n) is 6.13. The molecule has 0 saturated heterocycles. The van der Waals surface area contributed by atoms with E-state index in [2.05, 4.69) is 54.6 Å². The molecule has 0 fully saturated rings. The van der Waals surface area contributed by atoms with Crippen molar-refractivity contribution in [3.05, 3.63) is 83.9 Å². The van der Waals surface area contributed by atoms with Gasteiger partial charge in [0.25, 0.3) is 0 Å². The first-order chi connectivity index (χ1) is 11.3. The number of carbonyl (C=O) groups is 1. The molecule has 0 saturated carbocycles. The van der Waals surface area contributed by atoms with Crippen LogP contribution in [0.25, 0.3) is 32.7 Å². The van der Waals surface area contributed by atoms with E-state index in [0.717, 1.165) is 27.5 Å². The molecule has 1 aliphatic rings. The minimum absolute atomic E-state index is 0.222. The third kappa shape index (κ3) is 1.71. The fourth-order valence-electron chi connectivity index (χ4n) is 3.81. The van der Waals surface area contributed by atoms with E-state index in [-0.39, 0.29) is 5.78 Å². The summed E-state index contributed by atoms with van der Waals surface area (Å²) < 4.78 is 0. The van der Waals surface area contributed by atoms with Gasteiger partial charge in [-0.2, -0.15) is 0 Å². The van der Waals surface area contributed by atoms with Crippen LogP contribution in [0.15, 0.2) is 72.8 Å². The summed E-state index contributed by atoms with van der Waals surface area (Å²) in [7, 11) is 0. The third-order valence-electron chi connectivity index (χ3n) is 4.86. The Labute approximate surface area is 134 Å². The fraction of sp³-hybridized carbons (Fsp3) is 0.0455. The van der Waals surface area contributed by atoms with E-state index in [1.165, 1.54) is 16.3 Å². The summed E-state index contributed by atoms with van der Waals surface area (Å²) in [5, 5.41) is 4.65. The number of hydrogen-bond acceptors (Lipinski definition) is 1. The lowest BCUT2D eigenvalue weighted by atomic mass is 9.81. The Morgan fingerprint density at radius 3 is 2.35 bits per heavy atom. The quantitative estimate of drug-likeness (QED) is 0.397. The molecule has 4 aromatic carbocycles. The van der Waals surface area contributed by atoms with Gasteiger partial charge in [-0.3, -0.25) is 4.79 Å². The van der Waals surface area contributed by atoms with Gasteiger partial charge >= 0.3 is 0 Å². The van der Waals surface area contributed by atoms with E-state index < -0.39 is 0 Å². The monoisotopic (exact) mass is 294 g/mol. The summed E-state index contributed by atoms with van der Waals surface area (Å²) in [5.41, 5.74) is 4.27. The van der Waals surface area contributed by atoms with Crippen LogP contribution in [0.4, 0.5) is 0 Å². The van der Waals surface area contributed by atoms with Crippen LogP contribution < -0.4 is 0 Å². The van der Waals surface area contributed by atoms with Crippen LogP contribution in [0, 0.1) is 0 Å². The molecule has 1 heteroatoms. The van der Waals surface area contributed by atoms with Crippen molar-refractivity contribution in [1.82, 2.24) is 0 Å². The smallest absolute Gasteiger partial charge is 0.168 e. The van der Waals surface area contributed by atoms with E-state index in [9.17, 15) is 4.79 Å². The highest BCUT2D eigenvalue weighted by Gasteiger charge is 2.24. The molecule has 108 valence electrons. The Balaban J connectivity index is 1.94. The van der Waals surface area contributed by atoms with Gasteiger partial charge in [0.1, 0.15) is 0 Å². The molecule has 0 bridgehead atoms. The average Bonchev–Trinajstić information content (AvgIpc) is 2.61. The summed E-state index contributed by atoms with van der Waals surface area (Å²) in [4.78, 5) is 12.8. The maximum atomic E-state index is 12.8. The Morgan fingerprint density at radius 2 is 1.39 bits per heavy atom. The topological polar surface area (TPSA) is 17.1 Å². The predicted octanol–water partition coefficient (Wildman–Crippen LogP) is 5.40. The van der Waals surface area contributed by atoms with E-state index in [4.69, 9.17) is 0 Å². The van der Waals surface area contributed by atoms with Crippen molar-refractivity contribution in [3.8, 4) is 11.1 Å². The average molecular weight is 294 g/mol. The van der Waals surface area contributed by atoms with Crippen molar-refractivity contribution in [3.63, 3.8) is 0 Å². The van der Waals surface area contributed by atoms with Crippen LogP contribution in [-0.4, -0.2) is 5.78 Å². The van der Waals surface area contributed by atoms with Crippen molar-refractivity contribution in [2.45, 2.75) is 6.42 Å². The lowest BCUT2D eigenvalue weighted by Crippen LogP contribution is -2.12. The van der Waals surface area contributed by atoms with Crippen LogP contribution in [0.3, 0.4) is 0 Å². The molecule has 1 aliphatic carbocycles. The summed E-state index contributed by atoms with van der Waals surface area (Å²) >= 11 is 0. The van der Waals surface area contributed by atoms with Gasteiger partial charge in [0, 0.05) is 12.0 Å². The first kappa shape index (κ1) is 12.6. The van der Waals surface area contributed by atoms with Gasteiger partial charge < -0.3 is 0 Å². The van der Waals surface area contributed by atoms with E-state index in [1.807, 2.05) is 18.2 Å². The van der Waals surface area contributed by atoms with Gasteiger partial charge in [0.15, 0.2) is 5.78 Å². The fourth-order valence-corrected chi connectivity index (χ4v) is 3.81. The Bertz CT molecular complexity index is 1110. The van der Waals surface area contributed by atoms with E-state index >= 15 is 0 Å². The second-order valence-corrected chi connectivity index (χ2v) is 6.13. The normalized spacial score (nSPS) is 13.1. The van der Waals surface area contributed by atoms with Gasteiger partial charge in [-0.05, 0) is 38.2 Å². The lowest BCUT2D eigenvalue weighted by Gasteiger charge is -2.21. The Hall–Kier alpha value is -2.93. The third-order valence-corrected chi connectivity index (χ3v) is 4.86. The highest BCUT2D eigenvalue weighted by Crippen LogP contribution is 2.39. The number of ketones is 1. The molecule has 5 rings (SSSR count). The second kappa shape index (κ2) is 4.53. The predicted molar refractivity (Wildman–Crippen MR) is 94.9 cm³/mol. The molecule has 0 radical (unpaired) electrons. The van der Waals surface area contributed by atoms with Gasteiger partial charge in [-0.15, -0.1) is 0 Å². The number of benzene rings is 4. The zero-order valence-corrected chi connectivity index (χ0v) is 12.5. The highest BCUT2D eigenvalue weighted by atomic mass is 16.1. The zero-order chi connectivity index (χ0) is 15.4. The molecule has 4 aromatic rings. The standard InChI is InChI=1S/C22H14O/c23-21-13-15-6-2-4-8-17(15)19-12-11-18-16-7-3-1-5-14(16)9-10-20(18)22(19)21/h1-12H,13H2. The van der Waals surface area contributed by atoms with Gasteiger partial charge in [-0.1, -0.05) is 72.8 Å².